The summed E-state index contributed by atoms with van der Waals surface area (Å²) in [7, 11) is 0. The fourth-order valence-corrected chi connectivity index (χ4v) is 1.76. The van der Waals surface area contributed by atoms with Crippen LogP contribution in [0.1, 0.15) is 6.92 Å². The fourth-order valence-electron chi connectivity index (χ4n) is 0.856. The second kappa shape index (κ2) is 5.40. The molecule has 1 N–H and O–H groups in total. The van der Waals surface area contributed by atoms with Crippen LogP contribution in [-0.2, 0) is 0 Å². The van der Waals surface area contributed by atoms with E-state index >= 15 is 0 Å². The smallest absolute Gasteiger partial charge is 0.0935 e. The standard InChI is InChI=1S/C10H9Cl3N2/c1-6(2)5-14-15-10-8(12)3-7(11)4-9(10)13/h3-5,15H,1H2,2H3. The number of anilines is 1. The molecule has 0 amide bonds. The van der Waals surface area contributed by atoms with Gasteiger partial charge in [0.15, 0.2) is 0 Å². The van der Waals surface area contributed by atoms with Crippen LogP contribution in [0.25, 0.3) is 0 Å². The Balaban J connectivity index is 2.90. The first kappa shape index (κ1) is 12.4. The summed E-state index contributed by atoms with van der Waals surface area (Å²) in [6, 6.07) is 3.18. The van der Waals surface area contributed by atoms with Crippen LogP contribution in [0.3, 0.4) is 0 Å². The number of halogens is 3. The summed E-state index contributed by atoms with van der Waals surface area (Å²) in [6.07, 6.45) is 1.57. The minimum absolute atomic E-state index is 0.423. The van der Waals surface area contributed by atoms with Gasteiger partial charge in [0.05, 0.1) is 15.7 Å². The molecule has 0 bridgehead atoms. The first-order valence-corrected chi connectivity index (χ1v) is 5.23. The van der Waals surface area contributed by atoms with Gasteiger partial charge in [-0.25, -0.2) is 0 Å². The van der Waals surface area contributed by atoms with Gasteiger partial charge in [-0.1, -0.05) is 41.4 Å². The van der Waals surface area contributed by atoms with Crippen molar-refractivity contribution in [3.63, 3.8) is 0 Å². The van der Waals surface area contributed by atoms with Crippen LogP contribution in [0, 0.1) is 0 Å². The molecule has 0 aliphatic rings. The van der Waals surface area contributed by atoms with Gasteiger partial charge < -0.3 is 0 Å². The number of hydrogen-bond acceptors (Lipinski definition) is 2. The lowest BCUT2D eigenvalue weighted by Gasteiger charge is -2.06. The molecule has 0 saturated carbocycles. The first-order chi connectivity index (χ1) is 7.00. The van der Waals surface area contributed by atoms with Gasteiger partial charge in [-0.2, -0.15) is 5.10 Å². The Morgan fingerprint density at radius 1 is 1.33 bits per heavy atom. The maximum Gasteiger partial charge on any atom is 0.0935 e. The highest BCUT2D eigenvalue weighted by Gasteiger charge is 2.06. The minimum atomic E-state index is 0.423. The highest BCUT2D eigenvalue weighted by molar-refractivity contribution is 6.41. The molecule has 0 unspecified atom stereocenters. The molecule has 1 rings (SSSR count). The number of allylic oxidation sites excluding steroid dienone is 1. The van der Waals surface area contributed by atoms with Gasteiger partial charge in [0, 0.05) is 11.2 Å². The van der Waals surface area contributed by atoms with Crippen molar-refractivity contribution in [2.75, 3.05) is 5.43 Å². The second-order valence-electron chi connectivity index (χ2n) is 2.96. The van der Waals surface area contributed by atoms with Crippen LogP contribution in [0.2, 0.25) is 15.1 Å². The quantitative estimate of drug-likeness (QED) is 0.624. The summed E-state index contributed by atoms with van der Waals surface area (Å²) >= 11 is 17.6. The Hall–Kier alpha value is -0.700. The Bertz CT molecular complexity index is 390. The Morgan fingerprint density at radius 3 is 2.33 bits per heavy atom. The van der Waals surface area contributed by atoms with E-state index in [0.29, 0.717) is 20.8 Å². The van der Waals surface area contributed by atoms with Crippen LogP contribution in [0.15, 0.2) is 29.4 Å². The molecule has 0 atom stereocenters. The van der Waals surface area contributed by atoms with E-state index in [4.69, 9.17) is 34.8 Å². The van der Waals surface area contributed by atoms with Crippen molar-refractivity contribution in [2.24, 2.45) is 5.10 Å². The van der Waals surface area contributed by atoms with E-state index in [9.17, 15) is 0 Å². The average Bonchev–Trinajstić information content (AvgIpc) is 2.08. The molecule has 0 radical (unpaired) electrons. The van der Waals surface area contributed by atoms with Crippen molar-refractivity contribution >= 4 is 46.7 Å². The highest BCUT2D eigenvalue weighted by atomic mass is 35.5. The van der Waals surface area contributed by atoms with Crippen molar-refractivity contribution in [1.82, 2.24) is 0 Å². The third-order valence-electron chi connectivity index (χ3n) is 1.47. The summed E-state index contributed by atoms with van der Waals surface area (Å²) in [5, 5.41) is 5.24. The van der Waals surface area contributed by atoms with Gasteiger partial charge in [0.25, 0.3) is 0 Å². The minimum Gasteiger partial charge on any atom is -0.275 e. The molecule has 1 aromatic rings. The molecule has 5 heteroatoms. The molecule has 0 aliphatic carbocycles. The molecule has 0 fully saturated rings. The van der Waals surface area contributed by atoms with Crippen LogP contribution < -0.4 is 5.43 Å². The van der Waals surface area contributed by atoms with E-state index in [1.54, 1.807) is 18.3 Å². The third-order valence-corrected chi connectivity index (χ3v) is 2.28. The summed E-state index contributed by atoms with van der Waals surface area (Å²) < 4.78 is 0. The highest BCUT2D eigenvalue weighted by Crippen LogP contribution is 2.33. The molecule has 0 aromatic heterocycles. The molecule has 0 saturated heterocycles. The predicted molar refractivity (Wildman–Crippen MR) is 68.4 cm³/mol. The SMILES string of the molecule is C=C(C)C=NNc1c(Cl)cc(Cl)cc1Cl. The topological polar surface area (TPSA) is 24.4 Å². The lowest BCUT2D eigenvalue weighted by molar-refractivity contribution is 1.35. The normalized spacial score (nSPS) is 10.7. The van der Waals surface area contributed by atoms with Gasteiger partial charge in [-0.05, 0) is 24.6 Å². The van der Waals surface area contributed by atoms with E-state index in [1.807, 2.05) is 6.92 Å². The zero-order valence-electron chi connectivity index (χ0n) is 8.02. The number of rotatable bonds is 3. The van der Waals surface area contributed by atoms with Crippen LogP contribution in [0.5, 0.6) is 0 Å². The fraction of sp³-hybridized carbons (Fsp3) is 0.100. The average molecular weight is 264 g/mol. The molecule has 0 heterocycles. The number of nitrogens with zero attached hydrogens (tertiary/aromatic N) is 1. The molecular formula is C10H9Cl3N2. The van der Waals surface area contributed by atoms with Crippen molar-refractivity contribution in [1.29, 1.82) is 0 Å². The maximum absolute atomic E-state index is 5.92. The van der Waals surface area contributed by atoms with Crippen LogP contribution in [-0.4, -0.2) is 6.21 Å². The summed E-state index contributed by atoms with van der Waals surface area (Å²) in [5.74, 6) is 0. The van der Waals surface area contributed by atoms with E-state index in [0.717, 1.165) is 5.57 Å². The summed E-state index contributed by atoms with van der Waals surface area (Å²) in [5.41, 5.74) is 4.08. The first-order valence-electron chi connectivity index (χ1n) is 4.10. The Kier molecular flexibility index (Phi) is 4.45. The van der Waals surface area contributed by atoms with Crippen LogP contribution in [0.4, 0.5) is 5.69 Å². The van der Waals surface area contributed by atoms with Crippen LogP contribution >= 0.6 is 34.8 Å². The third kappa shape index (κ3) is 3.74. The molecular weight excluding hydrogens is 254 g/mol. The second-order valence-corrected chi connectivity index (χ2v) is 4.21. The van der Waals surface area contributed by atoms with E-state index in [2.05, 4.69) is 17.1 Å². The van der Waals surface area contributed by atoms with Crippen molar-refractivity contribution in [3.8, 4) is 0 Å². The van der Waals surface area contributed by atoms with E-state index in [1.165, 1.54) is 0 Å². The van der Waals surface area contributed by atoms with Gasteiger partial charge in [-0.3, -0.25) is 5.43 Å². The number of benzene rings is 1. The monoisotopic (exact) mass is 262 g/mol. The van der Waals surface area contributed by atoms with Gasteiger partial charge >= 0.3 is 0 Å². The van der Waals surface area contributed by atoms with E-state index in [-0.39, 0.29) is 0 Å². The molecule has 80 valence electrons. The molecule has 0 aliphatic heterocycles. The molecule has 2 nitrogen and oxygen atoms in total. The van der Waals surface area contributed by atoms with E-state index < -0.39 is 0 Å². The number of nitrogens with one attached hydrogen (secondary N) is 1. The lowest BCUT2D eigenvalue weighted by Crippen LogP contribution is -1.92. The Morgan fingerprint density at radius 2 is 1.87 bits per heavy atom. The van der Waals surface area contributed by atoms with Gasteiger partial charge in [0.2, 0.25) is 0 Å². The number of hydrogen-bond donors (Lipinski definition) is 1. The van der Waals surface area contributed by atoms with Crippen molar-refractivity contribution in [3.05, 3.63) is 39.4 Å². The summed E-state index contributed by atoms with van der Waals surface area (Å²) in [6.45, 7) is 5.50. The van der Waals surface area contributed by atoms with Crippen molar-refractivity contribution in [2.45, 2.75) is 6.92 Å². The zero-order valence-corrected chi connectivity index (χ0v) is 10.3. The lowest BCUT2D eigenvalue weighted by atomic mass is 10.3. The van der Waals surface area contributed by atoms with Crippen molar-refractivity contribution < 1.29 is 0 Å². The van der Waals surface area contributed by atoms with Gasteiger partial charge in [-0.15, -0.1) is 0 Å². The Labute approximate surface area is 104 Å². The largest absolute Gasteiger partial charge is 0.275 e. The molecule has 15 heavy (non-hydrogen) atoms. The molecule has 0 spiro atoms. The van der Waals surface area contributed by atoms with Gasteiger partial charge in [0.1, 0.15) is 0 Å². The maximum atomic E-state index is 5.92. The zero-order chi connectivity index (χ0) is 11.4. The predicted octanol–water partition coefficient (Wildman–Crippen LogP) is 4.62. The number of hydrazone groups is 1. The summed E-state index contributed by atoms with van der Waals surface area (Å²) in [4.78, 5) is 0. The molecule has 1 aromatic carbocycles.